The van der Waals surface area contributed by atoms with E-state index in [1.807, 2.05) is 18.2 Å². The predicted octanol–water partition coefficient (Wildman–Crippen LogP) is 4.26. The van der Waals surface area contributed by atoms with E-state index < -0.39 is 0 Å². The zero-order chi connectivity index (χ0) is 14.1. The van der Waals surface area contributed by atoms with Crippen LogP contribution >= 0.6 is 23.2 Å². The molecule has 0 bridgehead atoms. The molecule has 1 heterocycles. The fraction of sp³-hybridized carbons (Fsp3) is 0.625. The van der Waals surface area contributed by atoms with Crippen LogP contribution in [0.15, 0.2) is 18.2 Å². The van der Waals surface area contributed by atoms with E-state index in [9.17, 15) is 0 Å². The molecule has 3 atom stereocenters. The Labute approximate surface area is 131 Å². The minimum Gasteiger partial charge on any atom is -0.329 e. The molecule has 0 amide bonds. The number of halogens is 2. The van der Waals surface area contributed by atoms with E-state index in [1.54, 1.807) is 0 Å². The highest BCUT2D eigenvalue weighted by Gasteiger charge is 2.39. The minimum absolute atomic E-state index is 0.157. The summed E-state index contributed by atoms with van der Waals surface area (Å²) in [5.74, 6) is 0.846. The highest BCUT2D eigenvalue weighted by Crippen LogP contribution is 2.42. The van der Waals surface area contributed by atoms with Crippen LogP contribution in [0.4, 0.5) is 0 Å². The summed E-state index contributed by atoms with van der Waals surface area (Å²) in [4.78, 5) is 2.57. The Morgan fingerprint density at radius 2 is 1.85 bits per heavy atom. The van der Waals surface area contributed by atoms with E-state index in [2.05, 4.69) is 4.90 Å². The van der Waals surface area contributed by atoms with E-state index in [4.69, 9.17) is 28.9 Å². The molecule has 0 radical (unpaired) electrons. The number of benzene rings is 1. The van der Waals surface area contributed by atoms with Crippen LogP contribution in [0, 0.1) is 5.92 Å². The average Bonchev–Trinajstić information content (AvgIpc) is 2.87. The summed E-state index contributed by atoms with van der Waals surface area (Å²) in [5, 5.41) is 1.49. The maximum Gasteiger partial charge on any atom is 0.0503 e. The maximum absolute atomic E-state index is 6.39. The van der Waals surface area contributed by atoms with Crippen LogP contribution in [-0.2, 0) is 0 Å². The Morgan fingerprint density at radius 1 is 1.15 bits per heavy atom. The number of hydrogen-bond donors (Lipinski definition) is 1. The third-order valence-corrected chi connectivity index (χ3v) is 5.67. The van der Waals surface area contributed by atoms with Crippen molar-refractivity contribution in [3.63, 3.8) is 0 Å². The standard InChI is InChI=1S/C16H22Cl2N2/c17-12-5-3-6-13(18)16(12)15(10-19)20-9-8-11-4-1-2-7-14(11)20/h3,5-6,11,14-15H,1-2,4,7-10,19H2. The first-order chi connectivity index (χ1) is 9.72. The fourth-order valence-electron chi connectivity index (χ4n) is 4.08. The molecule has 0 spiro atoms. The Bertz CT molecular complexity index is 457. The SMILES string of the molecule is NCC(c1c(Cl)cccc1Cl)N1CCC2CCCCC21. The van der Waals surface area contributed by atoms with Gasteiger partial charge in [0, 0.05) is 28.2 Å². The van der Waals surface area contributed by atoms with Gasteiger partial charge in [-0.25, -0.2) is 0 Å². The van der Waals surface area contributed by atoms with Crippen molar-refractivity contribution in [3.8, 4) is 0 Å². The molecule has 1 aliphatic carbocycles. The Morgan fingerprint density at radius 3 is 2.55 bits per heavy atom. The van der Waals surface area contributed by atoms with Gasteiger partial charge in [0.25, 0.3) is 0 Å². The first kappa shape index (κ1) is 14.6. The van der Waals surface area contributed by atoms with Gasteiger partial charge in [-0.3, -0.25) is 4.90 Å². The summed E-state index contributed by atoms with van der Waals surface area (Å²) in [6.45, 7) is 1.70. The van der Waals surface area contributed by atoms with E-state index in [0.29, 0.717) is 12.6 Å². The van der Waals surface area contributed by atoms with Crippen molar-refractivity contribution >= 4 is 23.2 Å². The topological polar surface area (TPSA) is 29.3 Å². The van der Waals surface area contributed by atoms with Crippen LogP contribution in [0.5, 0.6) is 0 Å². The number of nitrogens with zero attached hydrogens (tertiary/aromatic N) is 1. The molecule has 3 rings (SSSR count). The van der Waals surface area contributed by atoms with Gasteiger partial charge in [-0.05, 0) is 43.9 Å². The fourth-order valence-corrected chi connectivity index (χ4v) is 4.73. The minimum atomic E-state index is 0.157. The zero-order valence-electron chi connectivity index (χ0n) is 11.7. The molecule has 110 valence electrons. The van der Waals surface area contributed by atoms with Crippen LogP contribution in [0.2, 0.25) is 10.0 Å². The van der Waals surface area contributed by atoms with E-state index >= 15 is 0 Å². The third-order valence-electron chi connectivity index (χ3n) is 5.01. The van der Waals surface area contributed by atoms with Gasteiger partial charge in [-0.2, -0.15) is 0 Å². The zero-order valence-corrected chi connectivity index (χ0v) is 13.2. The van der Waals surface area contributed by atoms with Gasteiger partial charge in [0.15, 0.2) is 0 Å². The lowest BCUT2D eigenvalue weighted by atomic mass is 9.84. The van der Waals surface area contributed by atoms with Crippen LogP contribution in [0.1, 0.15) is 43.7 Å². The van der Waals surface area contributed by atoms with Crippen LogP contribution in [0.25, 0.3) is 0 Å². The van der Waals surface area contributed by atoms with Crippen LogP contribution in [-0.4, -0.2) is 24.0 Å². The second kappa shape index (κ2) is 6.23. The van der Waals surface area contributed by atoms with Gasteiger partial charge >= 0.3 is 0 Å². The van der Waals surface area contributed by atoms with Crippen molar-refractivity contribution in [2.75, 3.05) is 13.1 Å². The number of nitrogens with two attached hydrogens (primary N) is 1. The molecular weight excluding hydrogens is 291 g/mol. The summed E-state index contributed by atoms with van der Waals surface area (Å²) in [6.07, 6.45) is 6.68. The van der Waals surface area contributed by atoms with Gasteiger partial charge in [0.05, 0.1) is 6.04 Å². The molecule has 1 aromatic rings. The summed E-state index contributed by atoms with van der Waals surface area (Å²) >= 11 is 12.8. The average molecular weight is 313 g/mol. The van der Waals surface area contributed by atoms with Crippen molar-refractivity contribution in [1.82, 2.24) is 4.90 Å². The second-order valence-electron chi connectivity index (χ2n) is 6.03. The largest absolute Gasteiger partial charge is 0.329 e. The Kier molecular flexibility index (Phi) is 4.56. The van der Waals surface area contributed by atoms with Gasteiger partial charge in [-0.1, -0.05) is 42.1 Å². The van der Waals surface area contributed by atoms with Crippen molar-refractivity contribution in [2.45, 2.75) is 44.2 Å². The summed E-state index contributed by atoms with van der Waals surface area (Å²) in [6, 6.07) is 6.56. The molecule has 4 heteroatoms. The van der Waals surface area contributed by atoms with Crippen LogP contribution in [0.3, 0.4) is 0 Å². The molecular formula is C16H22Cl2N2. The smallest absolute Gasteiger partial charge is 0.0503 e. The molecule has 2 N–H and O–H groups in total. The van der Waals surface area contributed by atoms with Crippen molar-refractivity contribution in [3.05, 3.63) is 33.8 Å². The first-order valence-electron chi connectivity index (χ1n) is 7.62. The highest BCUT2D eigenvalue weighted by molar-refractivity contribution is 6.36. The summed E-state index contributed by atoms with van der Waals surface area (Å²) in [5.41, 5.74) is 7.10. The molecule has 2 aliphatic rings. The van der Waals surface area contributed by atoms with Gasteiger partial charge in [-0.15, -0.1) is 0 Å². The molecule has 2 nitrogen and oxygen atoms in total. The molecule has 0 aromatic heterocycles. The molecule has 1 aliphatic heterocycles. The lowest BCUT2D eigenvalue weighted by molar-refractivity contribution is 0.135. The lowest BCUT2D eigenvalue weighted by Crippen LogP contribution is -2.40. The number of likely N-dealkylation sites (tertiary alicyclic amines) is 1. The van der Waals surface area contributed by atoms with E-state index in [0.717, 1.165) is 28.1 Å². The third kappa shape index (κ3) is 2.59. The summed E-state index contributed by atoms with van der Waals surface area (Å²) < 4.78 is 0. The highest BCUT2D eigenvalue weighted by atomic mass is 35.5. The first-order valence-corrected chi connectivity index (χ1v) is 8.37. The maximum atomic E-state index is 6.39. The van der Waals surface area contributed by atoms with Crippen LogP contribution < -0.4 is 5.73 Å². The number of hydrogen-bond acceptors (Lipinski definition) is 2. The lowest BCUT2D eigenvalue weighted by Gasteiger charge is -2.37. The number of fused-ring (bicyclic) bond motifs is 1. The van der Waals surface area contributed by atoms with E-state index in [-0.39, 0.29) is 6.04 Å². The second-order valence-corrected chi connectivity index (χ2v) is 6.84. The molecule has 1 saturated carbocycles. The molecule has 1 aromatic carbocycles. The van der Waals surface area contributed by atoms with Gasteiger partial charge in [0.1, 0.15) is 0 Å². The molecule has 3 unspecified atom stereocenters. The van der Waals surface area contributed by atoms with Crippen molar-refractivity contribution in [2.24, 2.45) is 11.7 Å². The molecule has 1 saturated heterocycles. The van der Waals surface area contributed by atoms with Crippen molar-refractivity contribution in [1.29, 1.82) is 0 Å². The Balaban J connectivity index is 1.90. The number of rotatable bonds is 3. The monoisotopic (exact) mass is 312 g/mol. The Hall–Kier alpha value is -0.280. The predicted molar refractivity (Wildman–Crippen MR) is 85.3 cm³/mol. The molecule has 20 heavy (non-hydrogen) atoms. The summed E-state index contributed by atoms with van der Waals surface area (Å²) in [7, 11) is 0. The normalized spacial score (nSPS) is 28.4. The quantitative estimate of drug-likeness (QED) is 0.903. The molecule has 2 fully saturated rings. The van der Waals surface area contributed by atoms with Gasteiger partial charge < -0.3 is 5.73 Å². The van der Waals surface area contributed by atoms with Crippen molar-refractivity contribution < 1.29 is 0 Å². The van der Waals surface area contributed by atoms with E-state index in [1.165, 1.54) is 32.1 Å². The van der Waals surface area contributed by atoms with Gasteiger partial charge in [0.2, 0.25) is 0 Å².